The van der Waals surface area contributed by atoms with Gasteiger partial charge in [-0.05, 0) is 48.7 Å². The summed E-state index contributed by atoms with van der Waals surface area (Å²) in [6.07, 6.45) is 1.45. The molecule has 31 heavy (non-hydrogen) atoms. The Morgan fingerprint density at radius 3 is 2.61 bits per heavy atom. The van der Waals surface area contributed by atoms with Crippen molar-refractivity contribution in [3.05, 3.63) is 64.1 Å². The summed E-state index contributed by atoms with van der Waals surface area (Å²) in [5, 5.41) is 8.94. The van der Waals surface area contributed by atoms with Crippen molar-refractivity contribution < 1.29 is 9.59 Å². The molecule has 2 aromatic carbocycles. The molecule has 160 valence electrons. The molecule has 6 nitrogen and oxygen atoms in total. The Labute approximate surface area is 191 Å². The minimum atomic E-state index is -0.580. The standard InChI is InChI=1S/C24H25BrN4O2/c25-20-3-1-4-21(15-20)29-12-9-22(24(29)31)23(30)28-11-2-10-27(13-14-28)17-19-7-5-18(16-26)6-8-19/h1,3-8,15,22H,2,9-14,17H2. The highest BCUT2D eigenvalue weighted by Crippen LogP contribution is 2.28. The van der Waals surface area contributed by atoms with E-state index in [1.807, 2.05) is 53.4 Å². The number of rotatable bonds is 4. The summed E-state index contributed by atoms with van der Waals surface area (Å²) in [5.74, 6) is -0.714. The molecule has 0 saturated carbocycles. The number of hydrogen-bond donors (Lipinski definition) is 0. The lowest BCUT2D eigenvalue weighted by molar-refractivity contribution is -0.139. The summed E-state index contributed by atoms with van der Waals surface area (Å²) in [6, 6.07) is 17.4. The largest absolute Gasteiger partial charge is 0.341 e. The van der Waals surface area contributed by atoms with Crippen molar-refractivity contribution in [3.63, 3.8) is 0 Å². The van der Waals surface area contributed by atoms with E-state index in [1.54, 1.807) is 4.90 Å². The molecule has 2 saturated heterocycles. The van der Waals surface area contributed by atoms with E-state index >= 15 is 0 Å². The van der Waals surface area contributed by atoms with Crippen molar-refractivity contribution in [1.82, 2.24) is 9.80 Å². The number of anilines is 1. The number of carbonyl (C=O) groups is 2. The first-order valence-electron chi connectivity index (χ1n) is 10.6. The second-order valence-corrected chi connectivity index (χ2v) is 8.99. The van der Waals surface area contributed by atoms with Crippen LogP contribution in [0, 0.1) is 17.2 Å². The van der Waals surface area contributed by atoms with Crippen LogP contribution < -0.4 is 4.90 Å². The summed E-state index contributed by atoms with van der Waals surface area (Å²) in [4.78, 5) is 32.1. The third-order valence-corrected chi connectivity index (χ3v) is 6.51. The van der Waals surface area contributed by atoms with E-state index in [9.17, 15) is 9.59 Å². The number of hydrogen-bond acceptors (Lipinski definition) is 4. The predicted molar refractivity (Wildman–Crippen MR) is 122 cm³/mol. The lowest BCUT2D eigenvalue weighted by Crippen LogP contribution is -2.42. The normalized spacial score (nSPS) is 19.9. The van der Waals surface area contributed by atoms with Crippen molar-refractivity contribution in [2.24, 2.45) is 5.92 Å². The Balaban J connectivity index is 1.35. The maximum Gasteiger partial charge on any atom is 0.239 e. The van der Waals surface area contributed by atoms with E-state index < -0.39 is 5.92 Å². The van der Waals surface area contributed by atoms with Gasteiger partial charge in [-0.2, -0.15) is 5.26 Å². The number of nitriles is 1. The molecular weight excluding hydrogens is 456 g/mol. The average Bonchev–Trinajstić information content (AvgIpc) is 3.01. The van der Waals surface area contributed by atoms with Crippen molar-refractivity contribution in [1.29, 1.82) is 5.26 Å². The molecule has 0 aliphatic carbocycles. The molecular formula is C24H25BrN4O2. The molecule has 1 atom stereocenters. The third kappa shape index (κ3) is 4.97. The summed E-state index contributed by atoms with van der Waals surface area (Å²) >= 11 is 3.45. The van der Waals surface area contributed by atoms with Gasteiger partial charge < -0.3 is 9.80 Å². The Morgan fingerprint density at radius 1 is 1.06 bits per heavy atom. The molecule has 0 N–H and O–H groups in total. The van der Waals surface area contributed by atoms with E-state index in [-0.39, 0.29) is 11.8 Å². The van der Waals surface area contributed by atoms with Crippen LogP contribution in [0.3, 0.4) is 0 Å². The Bertz CT molecular complexity index is 1000. The van der Waals surface area contributed by atoms with Gasteiger partial charge in [0.2, 0.25) is 11.8 Å². The molecule has 2 amide bonds. The molecule has 2 aliphatic heterocycles. The monoisotopic (exact) mass is 480 g/mol. The summed E-state index contributed by atoms with van der Waals surface area (Å²) in [7, 11) is 0. The molecule has 1 unspecified atom stereocenters. The molecule has 0 bridgehead atoms. The van der Waals surface area contributed by atoms with Crippen molar-refractivity contribution in [2.75, 3.05) is 37.6 Å². The molecule has 0 aromatic heterocycles. The fourth-order valence-electron chi connectivity index (χ4n) is 4.32. The van der Waals surface area contributed by atoms with Gasteiger partial charge in [0, 0.05) is 49.4 Å². The minimum Gasteiger partial charge on any atom is -0.341 e. The highest BCUT2D eigenvalue weighted by atomic mass is 79.9. The first kappa shape index (κ1) is 21.5. The van der Waals surface area contributed by atoms with Gasteiger partial charge in [-0.25, -0.2) is 0 Å². The highest BCUT2D eigenvalue weighted by molar-refractivity contribution is 9.10. The van der Waals surface area contributed by atoms with Crippen LogP contribution >= 0.6 is 15.9 Å². The molecule has 2 fully saturated rings. The van der Waals surface area contributed by atoms with Crippen LogP contribution in [0.15, 0.2) is 53.0 Å². The van der Waals surface area contributed by atoms with Gasteiger partial charge >= 0.3 is 0 Å². The van der Waals surface area contributed by atoms with Gasteiger partial charge in [0.15, 0.2) is 0 Å². The molecule has 2 aromatic rings. The molecule has 2 heterocycles. The molecule has 7 heteroatoms. The van der Waals surface area contributed by atoms with E-state index in [1.165, 1.54) is 0 Å². The highest BCUT2D eigenvalue weighted by Gasteiger charge is 2.40. The van der Waals surface area contributed by atoms with E-state index in [0.717, 1.165) is 41.8 Å². The number of halogens is 1. The first-order valence-corrected chi connectivity index (χ1v) is 11.4. The third-order valence-electron chi connectivity index (χ3n) is 6.01. The minimum absolute atomic E-state index is 0.0391. The maximum absolute atomic E-state index is 13.2. The van der Waals surface area contributed by atoms with Gasteiger partial charge in [0.05, 0.1) is 11.6 Å². The van der Waals surface area contributed by atoms with Gasteiger partial charge in [0.25, 0.3) is 0 Å². The van der Waals surface area contributed by atoms with E-state index in [2.05, 4.69) is 26.9 Å². The molecule has 0 radical (unpaired) electrons. The van der Waals surface area contributed by atoms with Gasteiger partial charge in [-0.3, -0.25) is 14.5 Å². The van der Waals surface area contributed by atoms with E-state index in [4.69, 9.17) is 5.26 Å². The van der Waals surface area contributed by atoms with Gasteiger partial charge in [-0.1, -0.05) is 34.1 Å². The van der Waals surface area contributed by atoms with E-state index in [0.29, 0.717) is 31.6 Å². The summed E-state index contributed by atoms with van der Waals surface area (Å²) < 4.78 is 0.919. The van der Waals surface area contributed by atoms with Gasteiger partial charge in [-0.15, -0.1) is 0 Å². The topological polar surface area (TPSA) is 67.7 Å². The predicted octanol–water partition coefficient (Wildman–Crippen LogP) is 3.41. The Morgan fingerprint density at radius 2 is 1.87 bits per heavy atom. The zero-order chi connectivity index (χ0) is 21.8. The molecule has 4 rings (SSSR count). The van der Waals surface area contributed by atoms with Crippen LogP contribution in [-0.2, 0) is 16.1 Å². The van der Waals surface area contributed by atoms with Crippen LogP contribution in [0.25, 0.3) is 0 Å². The smallest absolute Gasteiger partial charge is 0.239 e. The number of benzene rings is 2. The van der Waals surface area contributed by atoms with Crippen molar-refractivity contribution in [3.8, 4) is 6.07 Å². The molecule has 2 aliphatic rings. The van der Waals surface area contributed by atoms with Crippen molar-refractivity contribution in [2.45, 2.75) is 19.4 Å². The SMILES string of the molecule is N#Cc1ccc(CN2CCCN(C(=O)C3CCN(c4cccc(Br)c4)C3=O)CC2)cc1. The summed E-state index contributed by atoms with van der Waals surface area (Å²) in [5.41, 5.74) is 2.66. The zero-order valence-electron chi connectivity index (χ0n) is 17.3. The number of nitrogens with zero attached hydrogens (tertiary/aromatic N) is 4. The average molecular weight is 481 g/mol. The van der Waals surface area contributed by atoms with Crippen LogP contribution in [0.1, 0.15) is 24.0 Å². The van der Waals surface area contributed by atoms with Crippen LogP contribution in [-0.4, -0.2) is 54.3 Å². The Hall–Kier alpha value is -2.69. The van der Waals surface area contributed by atoms with Crippen LogP contribution in [0.5, 0.6) is 0 Å². The number of amides is 2. The van der Waals surface area contributed by atoms with Gasteiger partial charge in [0.1, 0.15) is 5.92 Å². The molecule has 0 spiro atoms. The quantitative estimate of drug-likeness (QED) is 0.628. The fourth-order valence-corrected chi connectivity index (χ4v) is 4.71. The Kier molecular flexibility index (Phi) is 6.69. The zero-order valence-corrected chi connectivity index (χ0v) is 18.9. The summed E-state index contributed by atoms with van der Waals surface area (Å²) in [6.45, 7) is 4.38. The maximum atomic E-state index is 13.2. The second-order valence-electron chi connectivity index (χ2n) is 8.07. The van der Waals surface area contributed by atoms with Crippen LogP contribution in [0.2, 0.25) is 0 Å². The van der Waals surface area contributed by atoms with Crippen LogP contribution in [0.4, 0.5) is 5.69 Å². The lowest BCUT2D eigenvalue weighted by Gasteiger charge is -2.24. The van der Waals surface area contributed by atoms with Crippen molar-refractivity contribution >= 4 is 33.4 Å². The lowest BCUT2D eigenvalue weighted by atomic mass is 10.1. The first-order chi connectivity index (χ1) is 15.0. The number of carbonyl (C=O) groups excluding carboxylic acids is 2. The second kappa shape index (κ2) is 9.63. The fraction of sp³-hybridized carbons (Fsp3) is 0.375.